The van der Waals surface area contributed by atoms with Crippen molar-refractivity contribution in [2.75, 3.05) is 13.2 Å². The molecule has 1 aliphatic heterocycles. The first-order valence-corrected chi connectivity index (χ1v) is 13.4. The molecule has 0 aromatic heterocycles. The normalized spacial score (nSPS) is 18.8. The standard InChI is InChI=1S/C24H37N3O8S/c1-15(2)12-18(27-23(31)35-14-24(3,4)17-8-6-5-7-9-17)21(29)26-19(22(30)36(32,33)34)13-16-10-11-25-20(16)28/h5-9,15-16,18-19,22,30H,10-14H2,1-4H3,(H,25,28)(H,26,29)(H,27,31)(H,32,33,34)/t16-,18-,19-,22?/m0/s1. The molecule has 1 aromatic carbocycles. The van der Waals surface area contributed by atoms with Crippen molar-refractivity contribution < 1.29 is 37.2 Å². The first-order chi connectivity index (χ1) is 16.7. The van der Waals surface area contributed by atoms with E-state index in [1.54, 1.807) is 0 Å². The minimum Gasteiger partial charge on any atom is -0.449 e. The quantitative estimate of drug-likeness (QED) is 0.253. The van der Waals surface area contributed by atoms with Crippen LogP contribution in [0, 0.1) is 11.8 Å². The number of benzene rings is 1. The summed E-state index contributed by atoms with van der Waals surface area (Å²) in [6, 6.07) is 6.91. The van der Waals surface area contributed by atoms with E-state index >= 15 is 0 Å². The molecule has 2 rings (SSSR count). The van der Waals surface area contributed by atoms with Crippen LogP contribution in [0.4, 0.5) is 4.79 Å². The molecule has 1 saturated heterocycles. The van der Waals surface area contributed by atoms with E-state index in [0.29, 0.717) is 13.0 Å². The number of carbonyl (C=O) groups excluding carboxylic acids is 3. The minimum absolute atomic E-state index is 0.0348. The third-order valence-electron chi connectivity index (χ3n) is 6.11. The van der Waals surface area contributed by atoms with Crippen LogP contribution >= 0.6 is 0 Å². The minimum atomic E-state index is -4.93. The Bertz CT molecular complexity index is 1010. The number of nitrogens with one attached hydrogen (secondary N) is 3. The maximum Gasteiger partial charge on any atom is 0.407 e. The van der Waals surface area contributed by atoms with Gasteiger partial charge >= 0.3 is 6.09 Å². The molecule has 0 aliphatic carbocycles. The number of rotatable bonds is 12. The van der Waals surface area contributed by atoms with Gasteiger partial charge in [-0.1, -0.05) is 58.0 Å². The lowest BCUT2D eigenvalue weighted by molar-refractivity contribution is -0.126. The van der Waals surface area contributed by atoms with E-state index in [1.807, 2.05) is 58.0 Å². The highest BCUT2D eigenvalue weighted by Crippen LogP contribution is 2.23. The molecule has 0 bridgehead atoms. The number of amides is 3. The van der Waals surface area contributed by atoms with Crippen LogP contribution in [-0.4, -0.2) is 66.7 Å². The number of aliphatic hydroxyl groups is 1. The summed E-state index contributed by atoms with van der Waals surface area (Å²) in [7, 11) is -4.93. The Morgan fingerprint density at radius 3 is 2.36 bits per heavy atom. The zero-order valence-corrected chi connectivity index (χ0v) is 21.9. The number of carbonyl (C=O) groups is 3. The molecule has 5 N–H and O–H groups in total. The van der Waals surface area contributed by atoms with Gasteiger partial charge in [-0.25, -0.2) is 4.79 Å². The molecule has 1 fully saturated rings. The van der Waals surface area contributed by atoms with E-state index in [-0.39, 0.29) is 31.3 Å². The third kappa shape index (κ3) is 8.75. The smallest absolute Gasteiger partial charge is 0.407 e. The maximum absolute atomic E-state index is 13.1. The predicted molar refractivity (Wildman–Crippen MR) is 132 cm³/mol. The molecule has 0 spiro atoms. The van der Waals surface area contributed by atoms with Crippen LogP contribution in [0.3, 0.4) is 0 Å². The molecular weight excluding hydrogens is 490 g/mol. The van der Waals surface area contributed by atoms with Crippen LogP contribution < -0.4 is 16.0 Å². The summed E-state index contributed by atoms with van der Waals surface area (Å²) >= 11 is 0. The van der Waals surface area contributed by atoms with Crippen molar-refractivity contribution in [1.82, 2.24) is 16.0 Å². The van der Waals surface area contributed by atoms with Crippen LogP contribution in [0.1, 0.15) is 52.5 Å². The Balaban J connectivity index is 2.09. The van der Waals surface area contributed by atoms with Gasteiger partial charge in [0.25, 0.3) is 10.1 Å². The van der Waals surface area contributed by atoms with Gasteiger partial charge in [0.1, 0.15) is 12.6 Å². The zero-order chi connectivity index (χ0) is 27.1. The molecule has 0 radical (unpaired) electrons. The number of hydrogen-bond acceptors (Lipinski definition) is 7. The van der Waals surface area contributed by atoms with E-state index in [1.165, 1.54) is 0 Å². The highest BCUT2D eigenvalue weighted by molar-refractivity contribution is 7.86. The van der Waals surface area contributed by atoms with Crippen molar-refractivity contribution in [2.24, 2.45) is 11.8 Å². The fourth-order valence-corrected chi connectivity index (χ4v) is 4.61. The van der Waals surface area contributed by atoms with Crippen molar-refractivity contribution in [3.8, 4) is 0 Å². The summed E-state index contributed by atoms with van der Waals surface area (Å²) in [5.41, 5.74) is -1.86. The topological polar surface area (TPSA) is 171 Å². The molecule has 1 heterocycles. The van der Waals surface area contributed by atoms with E-state index in [4.69, 9.17) is 4.74 Å². The van der Waals surface area contributed by atoms with E-state index in [9.17, 15) is 32.5 Å². The van der Waals surface area contributed by atoms with Gasteiger partial charge in [0.05, 0.1) is 6.04 Å². The fourth-order valence-electron chi connectivity index (χ4n) is 4.02. The first kappa shape index (κ1) is 29.5. The highest BCUT2D eigenvalue weighted by Gasteiger charge is 2.38. The van der Waals surface area contributed by atoms with Crippen LogP contribution in [0.15, 0.2) is 30.3 Å². The van der Waals surface area contributed by atoms with Gasteiger partial charge in [-0.2, -0.15) is 8.42 Å². The van der Waals surface area contributed by atoms with Gasteiger partial charge in [-0.05, 0) is 30.7 Å². The molecule has 4 atom stereocenters. The molecule has 202 valence electrons. The second-order valence-electron chi connectivity index (χ2n) is 10.2. The molecule has 3 amide bonds. The summed E-state index contributed by atoms with van der Waals surface area (Å²) in [5.74, 6) is -1.78. The van der Waals surface area contributed by atoms with E-state index in [2.05, 4.69) is 16.0 Å². The third-order valence-corrected chi connectivity index (χ3v) is 7.05. The number of ether oxygens (including phenoxy) is 1. The SMILES string of the molecule is CC(C)C[C@H](NC(=O)OCC(C)(C)c1ccccc1)C(=O)N[C@@H](C[C@@H]1CCNC1=O)C(O)S(=O)(=O)O. The summed E-state index contributed by atoms with van der Waals surface area (Å²) < 4.78 is 37.9. The Morgan fingerprint density at radius 1 is 1.19 bits per heavy atom. The molecule has 36 heavy (non-hydrogen) atoms. The van der Waals surface area contributed by atoms with Gasteiger partial charge in [0.2, 0.25) is 17.3 Å². The predicted octanol–water partition coefficient (Wildman–Crippen LogP) is 1.32. The maximum atomic E-state index is 13.1. The van der Waals surface area contributed by atoms with Gasteiger partial charge in [-0.15, -0.1) is 0 Å². The average molecular weight is 528 g/mol. The summed E-state index contributed by atoms with van der Waals surface area (Å²) in [6.07, 6.45) is -0.452. The summed E-state index contributed by atoms with van der Waals surface area (Å²) in [4.78, 5) is 37.6. The lowest BCUT2D eigenvalue weighted by atomic mass is 9.86. The van der Waals surface area contributed by atoms with Crippen molar-refractivity contribution in [1.29, 1.82) is 0 Å². The van der Waals surface area contributed by atoms with Crippen LogP contribution in [0.25, 0.3) is 0 Å². The van der Waals surface area contributed by atoms with Gasteiger partial charge in [-0.3, -0.25) is 14.1 Å². The molecule has 0 saturated carbocycles. The molecule has 1 aliphatic rings. The van der Waals surface area contributed by atoms with Gasteiger partial charge < -0.3 is 25.8 Å². The Labute approximate surface area is 212 Å². The summed E-state index contributed by atoms with van der Waals surface area (Å²) in [5, 5.41) is 17.7. The van der Waals surface area contributed by atoms with E-state index in [0.717, 1.165) is 5.56 Å². The molecule has 12 heteroatoms. The monoisotopic (exact) mass is 527 g/mol. The van der Waals surface area contributed by atoms with Crippen molar-refractivity contribution >= 4 is 28.0 Å². The zero-order valence-electron chi connectivity index (χ0n) is 21.1. The lowest BCUT2D eigenvalue weighted by Crippen LogP contribution is -2.55. The van der Waals surface area contributed by atoms with Gasteiger partial charge in [0.15, 0.2) is 0 Å². The van der Waals surface area contributed by atoms with Gasteiger partial charge in [0, 0.05) is 17.9 Å². The largest absolute Gasteiger partial charge is 0.449 e. The number of aliphatic hydroxyl groups excluding tert-OH is 1. The van der Waals surface area contributed by atoms with Crippen molar-refractivity contribution in [3.05, 3.63) is 35.9 Å². The average Bonchev–Trinajstić information content (AvgIpc) is 3.20. The fraction of sp³-hybridized carbons (Fsp3) is 0.625. The lowest BCUT2D eigenvalue weighted by Gasteiger charge is -2.28. The van der Waals surface area contributed by atoms with E-state index < -0.39 is 51.0 Å². The molecule has 1 aromatic rings. The highest BCUT2D eigenvalue weighted by atomic mass is 32.2. The number of hydrogen-bond donors (Lipinski definition) is 5. The van der Waals surface area contributed by atoms with Crippen LogP contribution in [0.5, 0.6) is 0 Å². The first-order valence-electron chi connectivity index (χ1n) is 11.9. The Morgan fingerprint density at radius 2 is 1.83 bits per heavy atom. The second kappa shape index (κ2) is 12.5. The van der Waals surface area contributed by atoms with Crippen LogP contribution in [-0.2, 0) is 29.9 Å². The van der Waals surface area contributed by atoms with Crippen LogP contribution in [0.2, 0.25) is 0 Å². The Kier molecular flexibility index (Phi) is 10.3. The molecule has 1 unspecified atom stereocenters. The molecule has 11 nitrogen and oxygen atoms in total. The van der Waals surface area contributed by atoms with Crippen molar-refractivity contribution in [3.63, 3.8) is 0 Å². The summed E-state index contributed by atoms with van der Waals surface area (Å²) in [6.45, 7) is 7.91. The number of alkyl carbamates (subject to hydrolysis) is 1. The van der Waals surface area contributed by atoms with Crippen molar-refractivity contribution in [2.45, 2.75) is 69.9 Å². The molecular formula is C24H37N3O8S. The second-order valence-corrected chi connectivity index (χ2v) is 11.7. The Hall–Kier alpha value is -2.70.